The molecule has 0 bridgehead atoms. The fourth-order valence-electron chi connectivity index (χ4n) is 3.84. The van der Waals surface area contributed by atoms with E-state index in [9.17, 15) is 0 Å². The van der Waals surface area contributed by atoms with Gasteiger partial charge in [-0.1, -0.05) is 84.9 Å². The molecular formula is C28H19N5. The summed E-state index contributed by atoms with van der Waals surface area (Å²) in [7, 11) is 0. The molecule has 3 heterocycles. The van der Waals surface area contributed by atoms with Gasteiger partial charge in [0.15, 0.2) is 17.5 Å². The number of fused-ring (bicyclic) bond motifs is 1. The van der Waals surface area contributed by atoms with Crippen molar-refractivity contribution in [3.05, 3.63) is 116 Å². The van der Waals surface area contributed by atoms with E-state index in [4.69, 9.17) is 15.0 Å². The van der Waals surface area contributed by atoms with E-state index in [-0.39, 0.29) is 0 Å². The minimum atomic E-state index is 0.652. The van der Waals surface area contributed by atoms with Crippen LogP contribution >= 0.6 is 0 Å². The molecule has 0 atom stereocenters. The molecule has 0 saturated heterocycles. The lowest BCUT2D eigenvalue weighted by molar-refractivity contribution is 1.07. The highest BCUT2D eigenvalue weighted by molar-refractivity contribution is 5.70. The van der Waals surface area contributed by atoms with Crippen LogP contribution in [0.2, 0.25) is 0 Å². The maximum Gasteiger partial charge on any atom is 0.164 e. The van der Waals surface area contributed by atoms with Gasteiger partial charge in [0.05, 0.1) is 0 Å². The topological polar surface area (TPSA) is 56.0 Å². The number of aromatic nitrogens is 5. The molecule has 33 heavy (non-hydrogen) atoms. The minimum Gasteiger partial charge on any atom is -0.306 e. The number of rotatable bonds is 4. The maximum atomic E-state index is 4.80. The van der Waals surface area contributed by atoms with Crippen molar-refractivity contribution in [2.45, 2.75) is 0 Å². The zero-order valence-electron chi connectivity index (χ0n) is 17.7. The van der Waals surface area contributed by atoms with Crippen LogP contribution in [0.4, 0.5) is 0 Å². The molecule has 0 aliphatic rings. The molecule has 5 heteroatoms. The molecule has 0 aliphatic heterocycles. The number of hydrogen-bond acceptors (Lipinski definition) is 4. The molecule has 156 valence electrons. The van der Waals surface area contributed by atoms with Gasteiger partial charge in [0.1, 0.15) is 5.65 Å². The molecule has 6 aromatic rings. The van der Waals surface area contributed by atoms with Gasteiger partial charge in [-0.05, 0) is 23.3 Å². The Morgan fingerprint density at radius 1 is 0.455 bits per heavy atom. The van der Waals surface area contributed by atoms with E-state index in [1.165, 1.54) is 0 Å². The molecule has 6 rings (SSSR count). The Morgan fingerprint density at radius 3 is 1.52 bits per heavy atom. The average Bonchev–Trinajstić information content (AvgIpc) is 3.38. The van der Waals surface area contributed by atoms with E-state index < -0.39 is 0 Å². The van der Waals surface area contributed by atoms with E-state index >= 15 is 0 Å². The van der Waals surface area contributed by atoms with E-state index in [2.05, 4.69) is 41.5 Å². The van der Waals surface area contributed by atoms with Crippen molar-refractivity contribution in [2.75, 3.05) is 0 Å². The third-order valence-corrected chi connectivity index (χ3v) is 5.56. The van der Waals surface area contributed by atoms with Gasteiger partial charge in [-0.25, -0.2) is 19.9 Å². The van der Waals surface area contributed by atoms with Crippen molar-refractivity contribution in [2.24, 2.45) is 0 Å². The SMILES string of the molecule is c1ccc(-c2nc(-c3ccccc3)nc(-c3ccc(-c4ccc5nccn5c4)cc3)n2)cc1. The van der Waals surface area contributed by atoms with Crippen LogP contribution < -0.4 is 0 Å². The van der Waals surface area contributed by atoms with Crippen molar-refractivity contribution in [1.82, 2.24) is 24.3 Å². The summed E-state index contributed by atoms with van der Waals surface area (Å²) in [4.78, 5) is 18.7. The van der Waals surface area contributed by atoms with Gasteiger partial charge in [-0.15, -0.1) is 0 Å². The summed E-state index contributed by atoms with van der Waals surface area (Å²) in [5.74, 6) is 1.97. The van der Waals surface area contributed by atoms with Crippen LogP contribution in [0.5, 0.6) is 0 Å². The van der Waals surface area contributed by atoms with Gasteiger partial charge in [0, 0.05) is 35.3 Å². The standard InChI is InChI=1S/C28H19N5/c1-3-7-21(8-4-1)26-30-27(22-9-5-2-6-10-22)32-28(31-26)23-13-11-20(12-14-23)24-15-16-25-29-17-18-33(25)19-24/h1-19H. The normalized spacial score (nSPS) is 11.0. The average molecular weight is 425 g/mol. The second-order valence-corrected chi connectivity index (χ2v) is 7.73. The predicted molar refractivity (Wildman–Crippen MR) is 130 cm³/mol. The first-order valence-electron chi connectivity index (χ1n) is 10.7. The predicted octanol–water partition coefficient (Wildman–Crippen LogP) is 6.19. The van der Waals surface area contributed by atoms with Crippen molar-refractivity contribution in [1.29, 1.82) is 0 Å². The van der Waals surface area contributed by atoms with Gasteiger partial charge in [-0.3, -0.25) is 0 Å². The Kier molecular flexibility index (Phi) is 4.70. The Balaban J connectivity index is 1.43. The van der Waals surface area contributed by atoms with Gasteiger partial charge >= 0.3 is 0 Å². The second-order valence-electron chi connectivity index (χ2n) is 7.73. The largest absolute Gasteiger partial charge is 0.306 e. The van der Waals surface area contributed by atoms with Crippen molar-refractivity contribution < 1.29 is 0 Å². The molecule has 5 nitrogen and oxygen atoms in total. The number of benzene rings is 3. The molecule has 0 radical (unpaired) electrons. The quantitative estimate of drug-likeness (QED) is 0.338. The zero-order valence-corrected chi connectivity index (χ0v) is 17.7. The minimum absolute atomic E-state index is 0.652. The highest BCUT2D eigenvalue weighted by atomic mass is 15.0. The van der Waals surface area contributed by atoms with Crippen molar-refractivity contribution >= 4 is 5.65 Å². The molecular weight excluding hydrogens is 406 g/mol. The summed E-state index contributed by atoms with van der Waals surface area (Å²) in [5.41, 5.74) is 6.04. The Labute approximate surface area is 191 Å². The molecule has 3 aromatic heterocycles. The fraction of sp³-hybridized carbons (Fsp3) is 0. The van der Waals surface area contributed by atoms with Crippen molar-refractivity contribution in [3.8, 4) is 45.3 Å². The molecule has 0 unspecified atom stereocenters. The van der Waals surface area contributed by atoms with E-state index in [1.54, 1.807) is 6.20 Å². The van der Waals surface area contributed by atoms with Crippen LogP contribution in [-0.4, -0.2) is 24.3 Å². The van der Waals surface area contributed by atoms with Gasteiger partial charge in [0.2, 0.25) is 0 Å². The second kappa shape index (κ2) is 8.13. The first kappa shape index (κ1) is 19.1. The number of nitrogens with zero attached hydrogens (tertiary/aromatic N) is 5. The molecule has 0 aliphatic carbocycles. The molecule has 0 fully saturated rings. The van der Waals surface area contributed by atoms with Crippen molar-refractivity contribution in [3.63, 3.8) is 0 Å². The Hall–Kier alpha value is -4.64. The highest BCUT2D eigenvalue weighted by Crippen LogP contribution is 2.27. The van der Waals surface area contributed by atoms with Crippen LogP contribution in [0.3, 0.4) is 0 Å². The number of imidazole rings is 1. The van der Waals surface area contributed by atoms with Crippen LogP contribution in [0.1, 0.15) is 0 Å². The summed E-state index contributed by atoms with van der Waals surface area (Å²) in [6, 6.07) is 32.4. The molecule has 0 amide bonds. The summed E-state index contributed by atoms with van der Waals surface area (Å²) < 4.78 is 2.02. The maximum absolute atomic E-state index is 4.80. The number of pyridine rings is 1. The Morgan fingerprint density at radius 2 is 0.939 bits per heavy atom. The lowest BCUT2D eigenvalue weighted by atomic mass is 10.1. The highest BCUT2D eigenvalue weighted by Gasteiger charge is 2.12. The first-order valence-corrected chi connectivity index (χ1v) is 10.7. The molecule has 3 aromatic carbocycles. The summed E-state index contributed by atoms with van der Waals surface area (Å²) in [6.45, 7) is 0. The molecule has 0 N–H and O–H groups in total. The van der Waals surface area contributed by atoms with Gasteiger partial charge in [-0.2, -0.15) is 0 Å². The fourth-order valence-corrected chi connectivity index (χ4v) is 3.84. The monoisotopic (exact) mass is 425 g/mol. The zero-order chi connectivity index (χ0) is 22.0. The third-order valence-electron chi connectivity index (χ3n) is 5.56. The van der Waals surface area contributed by atoms with Crippen LogP contribution in [0.25, 0.3) is 50.9 Å². The van der Waals surface area contributed by atoms with Crippen LogP contribution in [0, 0.1) is 0 Å². The summed E-state index contributed by atoms with van der Waals surface area (Å²) in [5, 5.41) is 0. The summed E-state index contributed by atoms with van der Waals surface area (Å²) >= 11 is 0. The van der Waals surface area contributed by atoms with Crippen LogP contribution in [-0.2, 0) is 0 Å². The van der Waals surface area contributed by atoms with Crippen LogP contribution in [0.15, 0.2) is 116 Å². The molecule has 0 saturated carbocycles. The van der Waals surface area contributed by atoms with Gasteiger partial charge < -0.3 is 4.40 Å². The van der Waals surface area contributed by atoms with E-state index in [1.807, 2.05) is 77.3 Å². The lowest BCUT2D eigenvalue weighted by Gasteiger charge is -2.09. The van der Waals surface area contributed by atoms with E-state index in [0.717, 1.165) is 33.5 Å². The summed E-state index contributed by atoms with van der Waals surface area (Å²) in [6.07, 6.45) is 5.84. The Bertz CT molecular complexity index is 1480. The molecule has 0 spiro atoms. The van der Waals surface area contributed by atoms with Gasteiger partial charge in [0.25, 0.3) is 0 Å². The smallest absolute Gasteiger partial charge is 0.164 e. The van der Waals surface area contributed by atoms with E-state index in [0.29, 0.717) is 17.5 Å². The first-order chi connectivity index (χ1) is 16.3. The lowest BCUT2D eigenvalue weighted by Crippen LogP contribution is -2.00. The third kappa shape index (κ3) is 3.77. The number of hydrogen-bond donors (Lipinski definition) is 0.